The second-order valence-corrected chi connectivity index (χ2v) is 5.71. The summed E-state index contributed by atoms with van der Waals surface area (Å²) < 4.78 is 32.1. The van der Waals surface area contributed by atoms with Crippen LogP contribution in [-0.4, -0.2) is 47.8 Å². The Balaban J connectivity index is 2.38. The van der Waals surface area contributed by atoms with E-state index in [2.05, 4.69) is 0 Å². The van der Waals surface area contributed by atoms with Crippen molar-refractivity contribution in [1.29, 1.82) is 0 Å². The zero-order valence-electron chi connectivity index (χ0n) is 16.5. The molecule has 2 aromatic carbocycles. The molecule has 0 aromatic heterocycles. The van der Waals surface area contributed by atoms with Gasteiger partial charge in [0.05, 0.1) is 48.8 Å². The first kappa shape index (κ1) is 20.5. The average Bonchev–Trinajstić information content (AvgIpc) is 2.71. The largest absolute Gasteiger partial charge is 0.493 e. The van der Waals surface area contributed by atoms with Crippen molar-refractivity contribution in [2.45, 2.75) is 12.5 Å². The van der Waals surface area contributed by atoms with Gasteiger partial charge in [0.2, 0.25) is 11.5 Å². The van der Waals surface area contributed by atoms with Crippen LogP contribution in [-0.2, 0) is 6.42 Å². The van der Waals surface area contributed by atoms with Crippen molar-refractivity contribution in [3.8, 4) is 34.5 Å². The third-order valence-corrected chi connectivity index (χ3v) is 4.23. The summed E-state index contributed by atoms with van der Waals surface area (Å²) in [4.78, 5) is 0. The molecule has 1 atom stereocenters. The molecule has 0 saturated carbocycles. The molecule has 27 heavy (non-hydrogen) atoms. The number of benzene rings is 2. The van der Waals surface area contributed by atoms with Crippen LogP contribution in [0.15, 0.2) is 24.3 Å². The molecular formula is C20H26O7. The summed E-state index contributed by atoms with van der Waals surface area (Å²) in [5, 5.41) is 10.8. The van der Waals surface area contributed by atoms with Gasteiger partial charge >= 0.3 is 0 Å². The molecule has 7 nitrogen and oxygen atoms in total. The van der Waals surface area contributed by atoms with Crippen molar-refractivity contribution < 1.29 is 33.5 Å². The highest BCUT2D eigenvalue weighted by Gasteiger charge is 2.20. The predicted octanol–water partition coefficient (Wildman–Crippen LogP) is 3.01. The molecule has 0 heterocycles. The van der Waals surface area contributed by atoms with Crippen LogP contribution in [0.1, 0.15) is 17.2 Å². The Labute approximate surface area is 159 Å². The van der Waals surface area contributed by atoms with Crippen LogP contribution in [0.4, 0.5) is 0 Å². The van der Waals surface area contributed by atoms with Crippen molar-refractivity contribution in [2.75, 3.05) is 42.7 Å². The summed E-state index contributed by atoms with van der Waals surface area (Å²) in [6.45, 7) is 0. The molecule has 7 heteroatoms. The van der Waals surface area contributed by atoms with E-state index in [1.54, 1.807) is 33.5 Å². The Morgan fingerprint density at radius 2 is 1.00 bits per heavy atom. The van der Waals surface area contributed by atoms with Gasteiger partial charge in [0.15, 0.2) is 23.0 Å². The van der Waals surface area contributed by atoms with Gasteiger partial charge < -0.3 is 33.5 Å². The second-order valence-electron chi connectivity index (χ2n) is 5.71. The van der Waals surface area contributed by atoms with Gasteiger partial charge in [0.1, 0.15) is 0 Å². The first-order valence-electron chi connectivity index (χ1n) is 8.29. The molecule has 0 saturated heterocycles. The molecule has 2 aromatic rings. The van der Waals surface area contributed by atoms with E-state index in [4.69, 9.17) is 28.4 Å². The fourth-order valence-corrected chi connectivity index (χ4v) is 2.89. The van der Waals surface area contributed by atoms with E-state index >= 15 is 0 Å². The Morgan fingerprint density at radius 1 is 0.630 bits per heavy atom. The van der Waals surface area contributed by atoms with Crippen LogP contribution >= 0.6 is 0 Å². The Hall–Kier alpha value is -2.80. The maximum absolute atomic E-state index is 10.8. The molecule has 2 rings (SSSR count). The van der Waals surface area contributed by atoms with Crippen LogP contribution in [0.2, 0.25) is 0 Å². The standard InChI is InChI=1S/C20H26O7/c1-22-15-8-12(9-16(23-2)19(15)26-5)7-14(21)13-10-17(24-3)20(27-6)18(11-13)25-4/h8-11,14,21H,7H2,1-6H3. The van der Waals surface area contributed by atoms with Crippen LogP contribution in [0.5, 0.6) is 34.5 Å². The fraction of sp³-hybridized carbons (Fsp3) is 0.400. The lowest BCUT2D eigenvalue weighted by atomic mass is 10.00. The van der Waals surface area contributed by atoms with Gasteiger partial charge in [-0.25, -0.2) is 0 Å². The molecule has 0 fully saturated rings. The first-order chi connectivity index (χ1) is 13.0. The molecule has 0 aliphatic rings. The zero-order chi connectivity index (χ0) is 20.0. The zero-order valence-corrected chi connectivity index (χ0v) is 16.5. The number of methoxy groups -OCH3 is 6. The molecule has 1 unspecified atom stereocenters. The summed E-state index contributed by atoms with van der Waals surface area (Å²) in [5.41, 5.74) is 1.46. The second kappa shape index (κ2) is 9.23. The minimum atomic E-state index is -0.804. The molecule has 1 N–H and O–H groups in total. The number of hydrogen-bond acceptors (Lipinski definition) is 7. The predicted molar refractivity (Wildman–Crippen MR) is 101 cm³/mol. The minimum absolute atomic E-state index is 0.329. The van der Waals surface area contributed by atoms with Gasteiger partial charge in [-0.05, 0) is 35.4 Å². The third-order valence-electron chi connectivity index (χ3n) is 4.23. The lowest BCUT2D eigenvalue weighted by Gasteiger charge is -2.18. The van der Waals surface area contributed by atoms with Crippen LogP contribution < -0.4 is 28.4 Å². The van der Waals surface area contributed by atoms with Crippen LogP contribution in [0.3, 0.4) is 0 Å². The summed E-state index contributed by atoms with van der Waals surface area (Å²) in [7, 11) is 9.25. The maximum Gasteiger partial charge on any atom is 0.203 e. The van der Waals surface area contributed by atoms with Gasteiger partial charge in [-0.1, -0.05) is 0 Å². The molecule has 0 bridgehead atoms. The first-order valence-corrected chi connectivity index (χ1v) is 8.29. The van der Waals surface area contributed by atoms with Gasteiger partial charge in [-0.3, -0.25) is 0 Å². The Bertz CT molecular complexity index is 723. The normalized spacial score (nSPS) is 11.5. The van der Waals surface area contributed by atoms with Crippen molar-refractivity contribution in [3.05, 3.63) is 35.4 Å². The Kier molecular flexibility index (Phi) is 7.01. The van der Waals surface area contributed by atoms with E-state index in [1.165, 1.54) is 21.3 Å². The molecule has 0 aliphatic carbocycles. The summed E-state index contributed by atoms with van der Waals surface area (Å²) >= 11 is 0. The smallest absolute Gasteiger partial charge is 0.203 e. The number of hydrogen-bond donors (Lipinski definition) is 1. The van der Waals surface area contributed by atoms with E-state index in [9.17, 15) is 5.11 Å². The van der Waals surface area contributed by atoms with Crippen molar-refractivity contribution in [1.82, 2.24) is 0 Å². The lowest BCUT2D eigenvalue weighted by molar-refractivity contribution is 0.177. The van der Waals surface area contributed by atoms with Gasteiger partial charge in [-0.15, -0.1) is 0 Å². The van der Waals surface area contributed by atoms with Crippen molar-refractivity contribution >= 4 is 0 Å². The van der Waals surface area contributed by atoms with E-state index in [-0.39, 0.29) is 0 Å². The van der Waals surface area contributed by atoms with E-state index < -0.39 is 6.10 Å². The van der Waals surface area contributed by atoms with Gasteiger partial charge in [0.25, 0.3) is 0 Å². The van der Waals surface area contributed by atoms with Crippen molar-refractivity contribution in [2.24, 2.45) is 0 Å². The number of aliphatic hydroxyl groups is 1. The molecular weight excluding hydrogens is 352 g/mol. The summed E-state index contributed by atoms with van der Waals surface area (Å²) in [6.07, 6.45) is -0.475. The molecule has 148 valence electrons. The van der Waals surface area contributed by atoms with Gasteiger partial charge in [0, 0.05) is 6.42 Å². The average molecular weight is 378 g/mol. The number of rotatable bonds is 9. The van der Waals surface area contributed by atoms with E-state index in [0.29, 0.717) is 46.5 Å². The van der Waals surface area contributed by atoms with Crippen molar-refractivity contribution in [3.63, 3.8) is 0 Å². The highest BCUT2D eigenvalue weighted by atomic mass is 16.5. The molecule has 0 aliphatic heterocycles. The van der Waals surface area contributed by atoms with E-state index in [0.717, 1.165) is 5.56 Å². The minimum Gasteiger partial charge on any atom is -0.493 e. The quantitative estimate of drug-likeness (QED) is 0.719. The highest BCUT2D eigenvalue weighted by Crippen LogP contribution is 2.42. The monoisotopic (exact) mass is 378 g/mol. The van der Waals surface area contributed by atoms with Crippen LogP contribution in [0, 0.1) is 0 Å². The molecule has 0 spiro atoms. The summed E-state index contributed by atoms with van der Waals surface area (Å²) in [5.74, 6) is 3.01. The molecule has 0 radical (unpaired) electrons. The number of aliphatic hydroxyl groups excluding tert-OH is 1. The SMILES string of the molecule is COc1cc(CC(O)c2cc(OC)c(OC)c(OC)c2)cc(OC)c1OC. The highest BCUT2D eigenvalue weighted by molar-refractivity contribution is 5.56. The fourth-order valence-electron chi connectivity index (χ4n) is 2.89. The topological polar surface area (TPSA) is 75.6 Å². The Morgan fingerprint density at radius 3 is 1.33 bits per heavy atom. The lowest BCUT2D eigenvalue weighted by Crippen LogP contribution is -2.05. The maximum atomic E-state index is 10.8. The number of ether oxygens (including phenoxy) is 6. The summed E-state index contributed by atoms with van der Waals surface area (Å²) in [6, 6.07) is 7.07. The van der Waals surface area contributed by atoms with Crippen LogP contribution in [0.25, 0.3) is 0 Å². The van der Waals surface area contributed by atoms with Gasteiger partial charge in [-0.2, -0.15) is 0 Å². The van der Waals surface area contributed by atoms with E-state index in [1.807, 2.05) is 12.1 Å². The molecule has 0 amide bonds. The third kappa shape index (κ3) is 4.31.